The lowest BCUT2D eigenvalue weighted by atomic mass is 10.2. The summed E-state index contributed by atoms with van der Waals surface area (Å²) in [6.45, 7) is 2.63. The molecule has 0 saturated heterocycles. The lowest BCUT2D eigenvalue weighted by Gasteiger charge is -2.04. The van der Waals surface area contributed by atoms with Gasteiger partial charge in [-0.1, -0.05) is 23.8 Å². The first-order valence-corrected chi connectivity index (χ1v) is 6.93. The second-order valence-electron chi connectivity index (χ2n) is 4.54. The molecule has 0 aliphatic heterocycles. The smallest absolute Gasteiger partial charge is 0.123 e. The van der Waals surface area contributed by atoms with E-state index in [2.05, 4.69) is 31.2 Å². The summed E-state index contributed by atoms with van der Waals surface area (Å²) in [6, 6.07) is 15.5. The molecular formula is C16H14O2S. The average Bonchev–Trinajstić information content (AvgIpc) is 2.78. The maximum absolute atomic E-state index is 9.38. The highest BCUT2D eigenvalue weighted by Gasteiger charge is 2.03. The molecule has 3 aromatic rings. The van der Waals surface area contributed by atoms with Gasteiger partial charge in [-0.3, -0.25) is 0 Å². The van der Waals surface area contributed by atoms with Gasteiger partial charge in [0, 0.05) is 15.6 Å². The molecule has 2 nitrogen and oxygen atoms in total. The van der Waals surface area contributed by atoms with Crippen molar-refractivity contribution in [2.45, 2.75) is 13.5 Å². The summed E-state index contributed by atoms with van der Waals surface area (Å²) in [5.74, 6) is 0.915. The highest BCUT2D eigenvalue weighted by atomic mass is 32.1. The zero-order valence-corrected chi connectivity index (χ0v) is 11.4. The molecule has 0 radical (unpaired) electrons. The van der Waals surface area contributed by atoms with Crippen LogP contribution < -0.4 is 4.74 Å². The van der Waals surface area contributed by atoms with Gasteiger partial charge >= 0.3 is 0 Å². The molecular weight excluding hydrogens is 256 g/mol. The Morgan fingerprint density at radius 1 is 1.11 bits per heavy atom. The van der Waals surface area contributed by atoms with Gasteiger partial charge in [-0.05, 0) is 36.6 Å². The summed E-state index contributed by atoms with van der Waals surface area (Å²) in [6.07, 6.45) is 0. The summed E-state index contributed by atoms with van der Waals surface area (Å²) in [4.78, 5) is 1.18. The van der Waals surface area contributed by atoms with E-state index in [1.54, 1.807) is 29.5 Å². The standard InChI is InChI=1S/C16H14O2S/c1-11-5-6-16-12(7-11)8-15(19-16)10-18-14-4-2-3-13(17)9-14/h2-9,17H,10H2,1H3. The maximum Gasteiger partial charge on any atom is 0.123 e. The third-order valence-corrected chi connectivity index (χ3v) is 4.01. The molecule has 0 atom stereocenters. The van der Waals surface area contributed by atoms with E-state index < -0.39 is 0 Å². The first kappa shape index (κ1) is 12.1. The lowest BCUT2D eigenvalue weighted by molar-refractivity contribution is 0.308. The van der Waals surface area contributed by atoms with Crippen molar-refractivity contribution in [3.05, 3.63) is 59.0 Å². The first-order chi connectivity index (χ1) is 9.20. The summed E-state index contributed by atoms with van der Waals surface area (Å²) in [5, 5.41) is 10.6. The average molecular weight is 270 g/mol. The highest BCUT2D eigenvalue weighted by Crippen LogP contribution is 2.28. The Hall–Kier alpha value is -2.00. The van der Waals surface area contributed by atoms with Crippen molar-refractivity contribution >= 4 is 21.4 Å². The molecule has 1 heterocycles. The number of aromatic hydroxyl groups is 1. The minimum atomic E-state index is 0.226. The Kier molecular flexibility index (Phi) is 3.13. The fourth-order valence-corrected chi connectivity index (χ4v) is 2.97. The van der Waals surface area contributed by atoms with Crippen molar-refractivity contribution in [2.75, 3.05) is 0 Å². The molecule has 2 aromatic carbocycles. The van der Waals surface area contributed by atoms with Crippen LogP contribution in [-0.4, -0.2) is 5.11 Å². The minimum Gasteiger partial charge on any atom is -0.508 e. The zero-order chi connectivity index (χ0) is 13.2. The lowest BCUT2D eigenvalue weighted by Crippen LogP contribution is -1.91. The number of aryl methyl sites for hydroxylation is 1. The van der Waals surface area contributed by atoms with Crippen molar-refractivity contribution in [1.29, 1.82) is 0 Å². The van der Waals surface area contributed by atoms with E-state index in [-0.39, 0.29) is 5.75 Å². The number of hydrogen-bond acceptors (Lipinski definition) is 3. The molecule has 1 aromatic heterocycles. The van der Waals surface area contributed by atoms with E-state index in [1.165, 1.54) is 20.5 Å². The van der Waals surface area contributed by atoms with Crippen molar-refractivity contribution in [1.82, 2.24) is 0 Å². The van der Waals surface area contributed by atoms with E-state index in [9.17, 15) is 5.11 Å². The van der Waals surface area contributed by atoms with Crippen LogP contribution in [0.5, 0.6) is 11.5 Å². The fourth-order valence-electron chi connectivity index (χ4n) is 2.02. The zero-order valence-electron chi connectivity index (χ0n) is 10.6. The van der Waals surface area contributed by atoms with Gasteiger partial charge in [-0.15, -0.1) is 11.3 Å². The Balaban J connectivity index is 1.78. The molecule has 0 aliphatic carbocycles. The third kappa shape index (κ3) is 2.71. The van der Waals surface area contributed by atoms with Gasteiger partial charge < -0.3 is 9.84 Å². The van der Waals surface area contributed by atoms with Crippen LogP contribution in [0.2, 0.25) is 0 Å². The number of phenols is 1. The van der Waals surface area contributed by atoms with Crippen molar-refractivity contribution in [3.8, 4) is 11.5 Å². The number of ether oxygens (including phenoxy) is 1. The Morgan fingerprint density at radius 3 is 2.84 bits per heavy atom. The SMILES string of the molecule is Cc1ccc2sc(COc3cccc(O)c3)cc2c1. The van der Waals surface area contributed by atoms with E-state index in [1.807, 2.05) is 6.07 Å². The number of benzene rings is 2. The largest absolute Gasteiger partial charge is 0.508 e. The van der Waals surface area contributed by atoms with Gasteiger partial charge in [0.05, 0.1) is 0 Å². The fraction of sp³-hybridized carbons (Fsp3) is 0.125. The van der Waals surface area contributed by atoms with Crippen molar-refractivity contribution in [3.63, 3.8) is 0 Å². The summed E-state index contributed by atoms with van der Waals surface area (Å²) in [7, 11) is 0. The topological polar surface area (TPSA) is 29.5 Å². The van der Waals surface area contributed by atoms with Gasteiger partial charge in [-0.2, -0.15) is 0 Å². The molecule has 0 unspecified atom stereocenters. The summed E-state index contributed by atoms with van der Waals surface area (Å²) >= 11 is 1.74. The Bertz CT molecular complexity index is 716. The second-order valence-corrected chi connectivity index (χ2v) is 5.71. The highest BCUT2D eigenvalue weighted by molar-refractivity contribution is 7.19. The van der Waals surface area contributed by atoms with Crippen LogP contribution in [0.3, 0.4) is 0 Å². The van der Waals surface area contributed by atoms with Crippen LogP contribution in [0, 0.1) is 6.92 Å². The van der Waals surface area contributed by atoms with E-state index in [4.69, 9.17) is 4.74 Å². The molecule has 3 rings (SSSR count). The van der Waals surface area contributed by atoms with Crippen molar-refractivity contribution < 1.29 is 9.84 Å². The van der Waals surface area contributed by atoms with E-state index >= 15 is 0 Å². The quantitative estimate of drug-likeness (QED) is 0.759. The molecule has 0 spiro atoms. The summed E-state index contributed by atoms with van der Waals surface area (Å²) < 4.78 is 6.96. The number of hydrogen-bond donors (Lipinski definition) is 1. The van der Waals surface area contributed by atoms with Crippen molar-refractivity contribution in [2.24, 2.45) is 0 Å². The predicted octanol–water partition coefficient (Wildman–Crippen LogP) is 4.49. The van der Waals surface area contributed by atoms with Gasteiger partial charge in [0.1, 0.15) is 18.1 Å². The van der Waals surface area contributed by atoms with Crippen LogP contribution in [0.25, 0.3) is 10.1 Å². The van der Waals surface area contributed by atoms with Gasteiger partial charge in [-0.25, -0.2) is 0 Å². The molecule has 96 valence electrons. The molecule has 3 heteroatoms. The maximum atomic E-state index is 9.38. The first-order valence-electron chi connectivity index (χ1n) is 6.11. The number of rotatable bonds is 3. The van der Waals surface area contributed by atoms with E-state index in [0.717, 1.165) is 0 Å². The van der Waals surface area contributed by atoms with Crippen LogP contribution >= 0.6 is 11.3 Å². The molecule has 0 fully saturated rings. The molecule has 0 amide bonds. The van der Waals surface area contributed by atoms with Crippen LogP contribution in [-0.2, 0) is 6.61 Å². The van der Waals surface area contributed by atoms with Gasteiger partial charge in [0.2, 0.25) is 0 Å². The third-order valence-electron chi connectivity index (χ3n) is 2.92. The predicted molar refractivity (Wildman–Crippen MR) is 79.0 cm³/mol. The van der Waals surface area contributed by atoms with Gasteiger partial charge in [0.25, 0.3) is 0 Å². The number of thiophene rings is 1. The normalized spacial score (nSPS) is 10.8. The summed E-state index contributed by atoms with van der Waals surface area (Å²) in [5.41, 5.74) is 1.27. The monoisotopic (exact) mass is 270 g/mol. The molecule has 0 bridgehead atoms. The van der Waals surface area contributed by atoms with Crippen LogP contribution in [0.1, 0.15) is 10.4 Å². The van der Waals surface area contributed by atoms with Crippen LogP contribution in [0.15, 0.2) is 48.5 Å². The molecule has 0 saturated carbocycles. The minimum absolute atomic E-state index is 0.226. The van der Waals surface area contributed by atoms with E-state index in [0.29, 0.717) is 12.4 Å². The second kappa shape index (κ2) is 4.94. The Morgan fingerprint density at radius 2 is 2.00 bits per heavy atom. The molecule has 1 N–H and O–H groups in total. The number of phenolic OH excluding ortho intramolecular Hbond substituents is 1. The Labute approximate surface area is 115 Å². The molecule has 19 heavy (non-hydrogen) atoms. The van der Waals surface area contributed by atoms with Gasteiger partial charge in [0.15, 0.2) is 0 Å². The molecule has 0 aliphatic rings. The van der Waals surface area contributed by atoms with Crippen LogP contribution in [0.4, 0.5) is 0 Å². The number of fused-ring (bicyclic) bond motifs is 1.